The minimum absolute atomic E-state index is 0.139. The predicted octanol–water partition coefficient (Wildman–Crippen LogP) is 1.56. The van der Waals surface area contributed by atoms with Crippen LogP contribution in [0.1, 0.15) is 40.4 Å². The van der Waals surface area contributed by atoms with Crippen LogP contribution in [-0.4, -0.2) is 51.6 Å². The Balaban J connectivity index is 1.57. The number of nitrogens with two attached hydrogens (primary N) is 1. The first kappa shape index (κ1) is 22.3. The van der Waals surface area contributed by atoms with Gasteiger partial charge in [-0.2, -0.15) is 5.10 Å². The fourth-order valence-electron chi connectivity index (χ4n) is 3.89. The number of ketones is 1. The molecule has 0 aliphatic carbocycles. The first-order valence-corrected chi connectivity index (χ1v) is 10.8. The second-order valence-electron chi connectivity index (χ2n) is 7.89. The van der Waals surface area contributed by atoms with E-state index in [2.05, 4.69) is 15.4 Å². The molecule has 3 N–H and O–H groups in total. The highest BCUT2D eigenvalue weighted by molar-refractivity contribution is 6.38. The van der Waals surface area contributed by atoms with Gasteiger partial charge in [0.1, 0.15) is 6.04 Å². The van der Waals surface area contributed by atoms with Gasteiger partial charge in [0.25, 0.3) is 11.8 Å². The number of carbonyl (C=O) groups is 3. The molecule has 1 atom stereocenters. The molecule has 1 aromatic carbocycles. The summed E-state index contributed by atoms with van der Waals surface area (Å²) in [6.07, 6.45) is 5.25. The molecule has 3 aromatic rings. The van der Waals surface area contributed by atoms with Gasteiger partial charge in [0.15, 0.2) is 5.82 Å². The molecule has 2 amide bonds. The topological polar surface area (TPSA) is 129 Å². The van der Waals surface area contributed by atoms with E-state index in [1.165, 1.54) is 0 Å². The van der Waals surface area contributed by atoms with Gasteiger partial charge in [0.2, 0.25) is 5.78 Å². The number of primary amides is 1. The van der Waals surface area contributed by atoms with Crippen LogP contribution in [0.2, 0.25) is 0 Å². The van der Waals surface area contributed by atoms with Crippen LogP contribution in [-0.2, 0) is 20.7 Å². The zero-order valence-electron chi connectivity index (χ0n) is 18.0. The van der Waals surface area contributed by atoms with Gasteiger partial charge >= 0.3 is 0 Å². The van der Waals surface area contributed by atoms with Crippen LogP contribution in [0.4, 0.5) is 0 Å². The minimum Gasteiger partial charge on any atom is -0.381 e. The zero-order chi connectivity index (χ0) is 23.2. The number of amides is 2. The van der Waals surface area contributed by atoms with E-state index >= 15 is 0 Å². The fraction of sp³-hybridized carbons (Fsp3) is 0.292. The van der Waals surface area contributed by atoms with Crippen molar-refractivity contribution in [1.29, 1.82) is 0 Å². The highest BCUT2D eigenvalue weighted by Crippen LogP contribution is 2.26. The van der Waals surface area contributed by atoms with E-state index in [-0.39, 0.29) is 12.0 Å². The molecule has 0 bridgehead atoms. The Morgan fingerprint density at radius 3 is 2.58 bits per heavy atom. The molecule has 9 heteroatoms. The summed E-state index contributed by atoms with van der Waals surface area (Å²) in [5, 5.41) is 7.29. The summed E-state index contributed by atoms with van der Waals surface area (Å²) >= 11 is 0. The third-order valence-electron chi connectivity index (χ3n) is 5.64. The number of pyridine rings is 1. The van der Waals surface area contributed by atoms with Gasteiger partial charge in [-0.3, -0.25) is 14.4 Å². The van der Waals surface area contributed by atoms with Gasteiger partial charge in [0, 0.05) is 37.9 Å². The van der Waals surface area contributed by atoms with Crippen molar-refractivity contribution in [3.05, 3.63) is 77.7 Å². The normalized spacial score (nSPS) is 15.0. The van der Waals surface area contributed by atoms with Crippen molar-refractivity contribution >= 4 is 17.6 Å². The number of hydrogen-bond donors (Lipinski definition) is 2. The van der Waals surface area contributed by atoms with Crippen LogP contribution in [0.25, 0.3) is 5.82 Å². The van der Waals surface area contributed by atoms with Crippen molar-refractivity contribution in [3.8, 4) is 5.82 Å². The summed E-state index contributed by atoms with van der Waals surface area (Å²) in [7, 11) is 0. The maximum absolute atomic E-state index is 13.2. The molecule has 33 heavy (non-hydrogen) atoms. The quantitative estimate of drug-likeness (QED) is 0.504. The van der Waals surface area contributed by atoms with Crippen molar-refractivity contribution in [3.63, 3.8) is 0 Å². The number of rotatable bonds is 8. The Bertz CT molecular complexity index is 1140. The minimum atomic E-state index is -1.10. The van der Waals surface area contributed by atoms with E-state index in [1.807, 2.05) is 36.4 Å². The fourth-order valence-corrected chi connectivity index (χ4v) is 3.89. The Kier molecular flexibility index (Phi) is 6.89. The monoisotopic (exact) mass is 447 g/mol. The lowest BCUT2D eigenvalue weighted by molar-refractivity contribution is -0.137. The number of ether oxygens (including phenoxy) is 1. The number of aromatic nitrogens is 3. The van der Waals surface area contributed by atoms with Crippen molar-refractivity contribution in [1.82, 2.24) is 20.1 Å². The van der Waals surface area contributed by atoms with Crippen LogP contribution >= 0.6 is 0 Å². The van der Waals surface area contributed by atoms with Crippen LogP contribution in [0.15, 0.2) is 60.9 Å². The number of Topliss-reactive ketones (excluding diaryl/α,β-unsaturated/α-hetero) is 1. The molecular formula is C24H25N5O4. The van der Waals surface area contributed by atoms with Gasteiger partial charge in [-0.1, -0.05) is 30.3 Å². The average molecular weight is 447 g/mol. The molecule has 1 aliphatic rings. The van der Waals surface area contributed by atoms with E-state index in [0.717, 1.165) is 24.1 Å². The molecule has 2 aromatic heterocycles. The molecule has 0 spiro atoms. The number of hydrogen-bond acceptors (Lipinski definition) is 6. The van der Waals surface area contributed by atoms with Gasteiger partial charge < -0.3 is 15.8 Å². The summed E-state index contributed by atoms with van der Waals surface area (Å²) in [6.45, 7) is 1.40. The summed E-state index contributed by atoms with van der Waals surface area (Å²) in [5.41, 5.74) is 7.16. The highest BCUT2D eigenvalue weighted by atomic mass is 16.5. The molecule has 9 nitrogen and oxygen atoms in total. The molecule has 0 radical (unpaired) electrons. The Morgan fingerprint density at radius 1 is 1.09 bits per heavy atom. The number of nitrogens with zero attached hydrogens (tertiary/aromatic N) is 3. The molecule has 1 fully saturated rings. The summed E-state index contributed by atoms with van der Waals surface area (Å²) in [5.74, 6) is -1.88. The lowest BCUT2D eigenvalue weighted by atomic mass is 9.97. The molecule has 1 aliphatic heterocycles. The van der Waals surface area contributed by atoms with E-state index < -0.39 is 23.6 Å². The number of nitrogens with one attached hydrogen (secondary N) is 1. The number of benzene rings is 1. The Morgan fingerprint density at radius 2 is 1.85 bits per heavy atom. The molecule has 170 valence electrons. The summed E-state index contributed by atoms with van der Waals surface area (Å²) in [4.78, 5) is 41.5. The van der Waals surface area contributed by atoms with Crippen molar-refractivity contribution in [2.24, 2.45) is 5.73 Å². The standard InChI is InChI=1S/C24H25N5O4/c25-22(31)21(30)20(15-16-5-2-1-3-6-16)27-24(32)18-7-4-11-26-23(18)29-12-8-19(28-29)17-9-13-33-14-10-17/h1-8,11-12,17,20H,9-10,13-15H2,(H2,25,31)(H,27,32). The van der Waals surface area contributed by atoms with Gasteiger partial charge in [-0.15, -0.1) is 0 Å². The van der Waals surface area contributed by atoms with Gasteiger partial charge in [0.05, 0.1) is 11.3 Å². The van der Waals surface area contributed by atoms with Gasteiger partial charge in [-0.05, 0) is 36.6 Å². The first-order valence-electron chi connectivity index (χ1n) is 10.8. The van der Waals surface area contributed by atoms with Crippen molar-refractivity contribution in [2.75, 3.05) is 13.2 Å². The van der Waals surface area contributed by atoms with Gasteiger partial charge in [-0.25, -0.2) is 9.67 Å². The average Bonchev–Trinajstić information content (AvgIpc) is 3.34. The Labute approximate surface area is 191 Å². The molecule has 1 saturated heterocycles. The smallest absolute Gasteiger partial charge is 0.287 e. The maximum atomic E-state index is 13.2. The second-order valence-corrected chi connectivity index (χ2v) is 7.89. The highest BCUT2D eigenvalue weighted by Gasteiger charge is 2.27. The molecule has 0 saturated carbocycles. The van der Waals surface area contributed by atoms with Crippen molar-refractivity contribution in [2.45, 2.75) is 31.2 Å². The second kappa shape index (κ2) is 10.2. The molecular weight excluding hydrogens is 422 g/mol. The van der Waals surface area contributed by atoms with Crippen LogP contribution in [0.5, 0.6) is 0 Å². The lowest BCUT2D eigenvalue weighted by Crippen LogP contribution is -2.47. The summed E-state index contributed by atoms with van der Waals surface area (Å²) in [6, 6.07) is 13.1. The van der Waals surface area contributed by atoms with Crippen molar-refractivity contribution < 1.29 is 19.1 Å². The zero-order valence-corrected chi connectivity index (χ0v) is 18.0. The third kappa shape index (κ3) is 5.32. The maximum Gasteiger partial charge on any atom is 0.287 e. The SMILES string of the molecule is NC(=O)C(=O)C(Cc1ccccc1)NC(=O)c1cccnc1-n1ccc(C2CCOCC2)n1. The van der Waals surface area contributed by atoms with E-state index in [1.54, 1.807) is 29.2 Å². The third-order valence-corrected chi connectivity index (χ3v) is 5.64. The first-order chi connectivity index (χ1) is 16.0. The van der Waals surface area contributed by atoms with E-state index in [0.29, 0.717) is 24.9 Å². The molecule has 4 rings (SSSR count). The van der Waals surface area contributed by atoms with E-state index in [4.69, 9.17) is 10.5 Å². The Hall–Kier alpha value is -3.85. The van der Waals surface area contributed by atoms with Crippen LogP contribution < -0.4 is 11.1 Å². The van der Waals surface area contributed by atoms with Crippen LogP contribution in [0, 0.1) is 0 Å². The molecule has 1 unspecified atom stereocenters. The molecule has 3 heterocycles. The number of carbonyl (C=O) groups excluding carboxylic acids is 3. The summed E-state index contributed by atoms with van der Waals surface area (Å²) < 4.78 is 6.98. The predicted molar refractivity (Wildman–Crippen MR) is 120 cm³/mol. The van der Waals surface area contributed by atoms with Crippen LogP contribution in [0.3, 0.4) is 0 Å². The lowest BCUT2D eigenvalue weighted by Gasteiger charge is -2.20. The van der Waals surface area contributed by atoms with E-state index in [9.17, 15) is 14.4 Å². The largest absolute Gasteiger partial charge is 0.381 e.